The van der Waals surface area contributed by atoms with Crippen molar-refractivity contribution >= 4 is 35.6 Å². The van der Waals surface area contributed by atoms with Crippen LogP contribution in [0.1, 0.15) is 12.5 Å². The van der Waals surface area contributed by atoms with Gasteiger partial charge in [-0.25, -0.2) is 19.4 Å². The first-order valence-electron chi connectivity index (χ1n) is 10.0. The second-order valence-electron chi connectivity index (χ2n) is 7.51. The van der Waals surface area contributed by atoms with Crippen LogP contribution in [0, 0.1) is 5.92 Å². The maximum atomic E-state index is 12.5. The van der Waals surface area contributed by atoms with Gasteiger partial charge in [0.2, 0.25) is 5.95 Å². The normalized spacial score (nSPS) is 21.6. The fourth-order valence-electron chi connectivity index (χ4n) is 3.73. The summed E-state index contributed by atoms with van der Waals surface area (Å²) in [7, 11) is 6.78. The van der Waals surface area contributed by atoms with E-state index in [1.54, 1.807) is 19.0 Å². The Kier molecular flexibility index (Phi) is 7.43. The van der Waals surface area contributed by atoms with Crippen molar-refractivity contribution in [2.75, 3.05) is 46.9 Å². The molecule has 0 bridgehead atoms. The number of imidazole rings is 1. The molecule has 0 aromatic carbocycles. The van der Waals surface area contributed by atoms with Crippen LogP contribution in [-0.4, -0.2) is 92.2 Å². The van der Waals surface area contributed by atoms with Crippen LogP contribution in [-0.2, 0) is 28.4 Å². The Morgan fingerprint density at radius 2 is 1.68 bits per heavy atom. The number of hydrogen-bond donors (Lipinski definition) is 1. The van der Waals surface area contributed by atoms with E-state index in [1.807, 2.05) is 0 Å². The molecule has 1 N–H and O–H groups in total. The number of carbonyl (C=O) groups is 3. The summed E-state index contributed by atoms with van der Waals surface area (Å²) in [5, 5.41) is 0. The van der Waals surface area contributed by atoms with Gasteiger partial charge in [-0.2, -0.15) is 4.98 Å². The van der Waals surface area contributed by atoms with Crippen molar-refractivity contribution in [3.05, 3.63) is 16.7 Å². The summed E-state index contributed by atoms with van der Waals surface area (Å²) in [6.45, 7) is -0.227. The number of nitrogens with zero attached hydrogens (tertiary/aromatic N) is 4. The third kappa shape index (κ3) is 4.97. The van der Waals surface area contributed by atoms with Crippen LogP contribution in [0.5, 0.6) is 0 Å². The number of H-pyrrole nitrogens is 1. The molecule has 3 rings (SSSR count). The van der Waals surface area contributed by atoms with E-state index >= 15 is 0 Å². The number of rotatable bonds is 6. The minimum absolute atomic E-state index is 0.0575. The molecule has 0 amide bonds. The molecule has 1 aliphatic rings. The van der Waals surface area contributed by atoms with E-state index in [0.717, 1.165) is 21.3 Å². The maximum absolute atomic E-state index is 12.5. The van der Waals surface area contributed by atoms with Gasteiger partial charge in [-0.05, 0) is 6.42 Å². The van der Waals surface area contributed by atoms with Crippen LogP contribution in [0.2, 0.25) is 0 Å². The predicted octanol–water partition coefficient (Wildman–Crippen LogP) is 0.833. The van der Waals surface area contributed by atoms with E-state index < -0.39 is 48.2 Å². The van der Waals surface area contributed by atoms with Crippen molar-refractivity contribution in [1.82, 2.24) is 19.5 Å². The Bertz CT molecular complexity index is 1110. The number of ether oxygens (including phenoxy) is 6. The van der Waals surface area contributed by atoms with Crippen molar-refractivity contribution in [3.8, 4) is 0 Å². The van der Waals surface area contributed by atoms with Crippen molar-refractivity contribution in [3.63, 3.8) is 0 Å². The highest BCUT2D eigenvalue weighted by molar-refractivity contribution is 5.71. The highest BCUT2D eigenvalue weighted by atomic mass is 16.8. The molecule has 2 aromatic heterocycles. The molecule has 34 heavy (non-hydrogen) atoms. The minimum Gasteiger partial charge on any atom is -0.438 e. The van der Waals surface area contributed by atoms with Crippen LogP contribution < -0.4 is 10.5 Å². The van der Waals surface area contributed by atoms with Gasteiger partial charge in [-0.15, -0.1) is 0 Å². The van der Waals surface area contributed by atoms with Crippen molar-refractivity contribution in [1.29, 1.82) is 0 Å². The molecule has 0 radical (unpaired) electrons. The Balaban J connectivity index is 2.07. The Morgan fingerprint density at radius 1 is 1.06 bits per heavy atom. The fraction of sp³-hybridized carbons (Fsp3) is 0.579. The third-order valence-electron chi connectivity index (χ3n) is 5.29. The summed E-state index contributed by atoms with van der Waals surface area (Å²) >= 11 is 0. The quantitative estimate of drug-likeness (QED) is 0.452. The monoisotopic (exact) mass is 483 g/mol. The van der Waals surface area contributed by atoms with Gasteiger partial charge < -0.3 is 37.9 Å². The van der Waals surface area contributed by atoms with E-state index in [2.05, 4.69) is 29.2 Å². The number of nitrogens with one attached hydrogen (secondary N) is 1. The van der Waals surface area contributed by atoms with E-state index in [1.165, 1.54) is 10.9 Å². The van der Waals surface area contributed by atoms with Gasteiger partial charge in [0.05, 0.1) is 33.7 Å². The minimum atomic E-state index is -1.13. The number of aromatic nitrogens is 4. The summed E-state index contributed by atoms with van der Waals surface area (Å²) in [6.07, 6.45) is -3.70. The maximum Gasteiger partial charge on any atom is 0.508 e. The average molecular weight is 483 g/mol. The molecule has 0 aliphatic heterocycles. The number of methoxy groups -OCH3 is 3. The molecule has 1 saturated carbocycles. The molecule has 1 aliphatic carbocycles. The average Bonchev–Trinajstić information content (AvgIpc) is 3.38. The summed E-state index contributed by atoms with van der Waals surface area (Å²) in [4.78, 5) is 60.8. The van der Waals surface area contributed by atoms with Gasteiger partial charge in [0, 0.05) is 20.0 Å². The number of hydrogen-bond acceptors (Lipinski definition) is 13. The Hall–Kier alpha value is -4.04. The van der Waals surface area contributed by atoms with Gasteiger partial charge >= 0.3 is 18.5 Å². The highest BCUT2D eigenvalue weighted by Crippen LogP contribution is 2.41. The predicted molar refractivity (Wildman–Crippen MR) is 113 cm³/mol. The lowest BCUT2D eigenvalue weighted by atomic mass is 10.1. The summed E-state index contributed by atoms with van der Waals surface area (Å²) in [5.41, 5.74) is -0.201. The first-order chi connectivity index (χ1) is 16.2. The lowest BCUT2D eigenvalue weighted by Crippen LogP contribution is -2.39. The molecule has 2 heterocycles. The van der Waals surface area contributed by atoms with Crippen molar-refractivity contribution in [2.24, 2.45) is 5.92 Å². The first-order valence-corrected chi connectivity index (χ1v) is 10.0. The van der Waals surface area contributed by atoms with Crippen LogP contribution in [0.15, 0.2) is 11.1 Å². The molecule has 2 aromatic rings. The fourth-order valence-corrected chi connectivity index (χ4v) is 3.73. The number of aromatic amines is 1. The van der Waals surface area contributed by atoms with Gasteiger partial charge in [-0.1, -0.05) is 0 Å². The summed E-state index contributed by atoms with van der Waals surface area (Å²) < 4.78 is 31.1. The number of carbonyl (C=O) groups excluding carboxylic acids is 3. The van der Waals surface area contributed by atoms with Gasteiger partial charge in [0.25, 0.3) is 5.56 Å². The van der Waals surface area contributed by atoms with E-state index in [-0.39, 0.29) is 30.1 Å². The number of fused-ring (bicyclic) bond motifs is 1. The lowest BCUT2D eigenvalue weighted by molar-refractivity contribution is -0.0627. The molecule has 4 atom stereocenters. The van der Waals surface area contributed by atoms with Crippen LogP contribution in [0.25, 0.3) is 11.2 Å². The molecule has 186 valence electrons. The molecule has 0 saturated heterocycles. The Morgan fingerprint density at radius 3 is 2.26 bits per heavy atom. The molecular formula is C19H25N5O10. The molecule has 0 spiro atoms. The topological polar surface area (TPSA) is 173 Å². The zero-order valence-electron chi connectivity index (χ0n) is 19.2. The zero-order valence-corrected chi connectivity index (χ0v) is 19.2. The summed E-state index contributed by atoms with van der Waals surface area (Å²) in [5.74, 6) is -0.374. The number of anilines is 1. The van der Waals surface area contributed by atoms with Crippen LogP contribution >= 0.6 is 0 Å². The van der Waals surface area contributed by atoms with Gasteiger partial charge in [0.15, 0.2) is 23.4 Å². The van der Waals surface area contributed by atoms with Gasteiger partial charge in [0.1, 0.15) is 6.61 Å². The Labute approximate surface area is 192 Å². The van der Waals surface area contributed by atoms with E-state index in [9.17, 15) is 19.2 Å². The van der Waals surface area contributed by atoms with Gasteiger partial charge in [-0.3, -0.25) is 9.78 Å². The van der Waals surface area contributed by atoms with Crippen molar-refractivity contribution in [2.45, 2.75) is 24.7 Å². The molecule has 15 heteroatoms. The van der Waals surface area contributed by atoms with E-state index in [0.29, 0.717) is 0 Å². The summed E-state index contributed by atoms with van der Waals surface area (Å²) in [6, 6.07) is -0.727. The van der Waals surface area contributed by atoms with Crippen LogP contribution in [0.4, 0.5) is 20.3 Å². The van der Waals surface area contributed by atoms with Crippen molar-refractivity contribution < 1.29 is 42.8 Å². The molecular weight excluding hydrogens is 458 g/mol. The zero-order chi connectivity index (χ0) is 25.0. The molecule has 15 nitrogen and oxygen atoms in total. The third-order valence-corrected chi connectivity index (χ3v) is 5.29. The largest absolute Gasteiger partial charge is 0.508 e. The standard InChI is InChI=1S/C19H25N5O10/c1-23(2)16-21-14-11(15(25)22-16)20-8-24(14)10-6-9(7-32-17(26)29-3)12(33-18(27)30-4)13(10)34-19(28)31-5/h8-10,12-13H,6-7H2,1-5H3,(H,21,22,25)/t9-,10?,12+,13-/m1/s1. The lowest BCUT2D eigenvalue weighted by Gasteiger charge is -2.26. The second-order valence-corrected chi connectivity index (χ2v) is 7.51. The second kappa shape index (κ2) is 10.3. The SMILES string of the molecule is COC(=O)OC[C@H]1CC(n2cnc3c(=O)[nH]c(N(C)C)nc32)[C@@H](OC(=O)OC)[C@H]1OC(=O)OC. The first kappa shape index (κ1) is 24.6. The van der Waals surface area contributed by atoms with E-state index in [4.69, 9.17) is 14.2 Å². The van der Waals surface area contributed by atoms with Crippen LogP contribution in [0.3, 0.4) is 0 Å². The molecule has 1 unspecified atom stereocenters. The molecule has 1 fully saturated rings. The smallest absolute Gasteiger partial charge is 0.438 e. The highest BCUT2D eigenvalue weighted by Gasteiger charge is 2.50.